The van der Waals surface area contributed by atoms with Crippen molar-refractivity contribution in [2.45, 2.75) is 25.7 Å². The number of pyridine rings is 1. The lowest BCUT2D eigenvalue weighted by Crippen LogP contribution is -1.99. The lowest BCUT2D eigenvalue weighted by atomic mass is 9.95. The van der Waals surface area contributed by atoms with Gasteiger partial charge in [-0.25, -0.2) is 0 Å². The van der Waals surface area contributed by atoms with E-state index in [9.17, 15) is 0 Å². The van der Waals surface area contributed by atoms with Crippen LogP contribution in [0.4, 0.5) is 0 Å². The third kappa shape index (κ3) is 1.33. The summed E-state index contributed by atoms with van der Waals surface area (Å²) in [6.45, 7) is 0. The summed E-state index contributed by atoms with van der Waals surface area (Å²) in [4.78, 5) is 7.97. The lowest BCUT2D eigenvalue weighted by molar-refractivity contribution is 0.680. The molecule has 1 aliphatic carbocycles. The van der Waals surface area contributed by atoms with Crippen LogP contribution in [0, 0.1) is 0 Å². The fourth-order valence-corrected chi connectivity index (χ4v) is 3.33. The number of aromatic amines is 1. The van der Waals surface area contributed by atoms with Crippen LogP contribution in [-0.2, 0) is 12.8 Å². The number of hydrogen-bond donors (Lipinski definition) is 1. The van der Waals surface area contributed by atoms with Gasteiger partial charge < -0.3 is 4.98 Å². The molecule has 90 valence electrons. The van der Waals surface area contributed by atoms with E-state index in [-0.39, 0.29) is 0 Å². The van der Waals surface area contributed by atoms with Gasteiger partial charge in [-0.05, 0) is 49.4 Å². The standard InChI is InChI=1S/C15H13ClN2/c16-12-8-11-9-4-1-2-6-13(9)18-14(11)10-5-3-7-17-15(10)12/h3,5,7-8,18H,1-2,4,6H2. The fraction of sp³-hybridized carbons (Fsp3) is 0.267. The van der Waals surface area contributed by atoms with Crippen LogP contribution in [-0.4, -0.2) is 9.97 Å². The van der Waals surface area contributed by atoms with E-state index in [1.807, 2.05) is 6.07 Å². The third-order valence-corrected chi connectivity index (χ3v) is 4.20. The Balaban J connectivity index is 2.20. The van der Waals surface area contributed by atoms with Gasteiger partial charge in [0.05, 0.1) is 16.1 Å². The van der Waals surface area contributed by atoms with Crippen molar-refractivity contribution in [3.63, 3.8) is 0 Å². The van der Waals surface area contributed by atoms with Crippen molar-refractivity contribution < 1.29 is 0 Å². The highest BCUT2D eigenvalue weighted by Gasteiger charge is 2.18. The molecule has 0 amide bonds. The first kappa shape index (κ1) is 10.4. The van der Waals surface area contributed by atoms with Crippen LogP contribution in [0.1, 0.15) is 24.1 Å². The highest BCUT2D eigenvalue weighted by atomic mass is 35.5. The Labute approximate surface area is 110 Å². The molecule has 0 atom stereocenters. The Morgan fingerprint density at radius 1 is 1.17 bits per heavy atom. The quantitative estimate of drug-likeness (QED) is 0.640. The van der Waals surface area contributed by atoms with Crippen molar-refractivity contribution in [1.82, 2.24) is 9.97 Å². The smallest absolute Gasteiger partial charge is 0.0909 e. The van der Waals surface area contributed by atoms with Crippen molar-refractivity contribution in [3.8, 4) is 0 Å². The number of nitrogens with zero attached hydrogens (tertiary/aromatic N) is 1. The van der Waals surface area contributed by atoms with Crippen LogP contribution in [0.15, 0.2) is 24.4 Å². The summed E-state index contributed by atoms with van der Waals surface area (Å²) in [5.74, 6) is 0. The van der Waals surface area contributed by atoms with Gasteiger partial charge in [-0.3, -0.25) is 4.98 Å². The minimum Gasteiger partial charge on any atom is -0.358 e. The Kier molecular flexibility index (Phi) is 2.15. The Hall–Kier alpha value is -1.54. The predicted octanol–water partition coefficient (Wildman–Crippen LogP) is 4.25. The van der Waals surface area contributed by atoms with E-state index >= 15 is 0 Å². The summed E-state index contributed by atoms with van der Waals surface area (Å²) < 4.78 is 0. The maximum absolute atomic E-state index is 6.36. The molecule has 1 aromatic carbocycles. The van der Waals surface area contributed by atoms with Gasteiger partial charge in [0.25, 0.3) is 0 Å². The van der Waals surface area contributed by atoms with Crippen molar-refractivity contribution in [1.29, 1.82) is 0 Å². The van der Waals surface area contributed by atoms with Crippen LogP contribution < -0.4 is 0 Å². The van der Waals surface area contributed by atoms with Gasteiger partial charge in [-0.1, -0.05) is 11.6 Å². The van der Waals surface area contributed by atoms with Crippen molar-refractivity contribution in [2.75, 3.05) is 0 Å². The largest absolute Gasteiger partial charge is 0.358 e. The molecule has 2 heterocycles. The molecule has 0 radical (unpaired) electrons. The van der Waals surface area contributed by atoms with Gasteiger partial charge in [0.2, 0.25) is 0 Å². The predicted molar refractivity (Wildman–Crippen MR) is 75.3 cm³/mol. The molecule has 0 unspecified atom stereocenters. The summed E-state index contributed by atoms with van der Waals surface area (Å²) in [6.07, 6.45) is 6.68. The summed E-state index contributed by atoms with van der Waals surface area (Å²) in [5.41, 5.74) is 4.95. The van der Waals surface area contributed by atoms with Crippen molar-refractivity contribution in [3.05, 3.63) is 40.7 Å². The molecule has 0 fully saturated rings. The number of hydrogen-bond acceptors (Lipinski definition) is 1. The summed E-state index contributed by atoms with van der Waals surface area (Å²) in [6, 6.07) is 6.14. The average molecular weight is 257 g/mol. The first-order chi connectivity index (χ1) is 8.84. The minimum absolute atomic E-state index is 0.755. The van der Waals surface area contributed by atoms with Crippen LogP contribution in [0.5, 0.6) is 0 Å². The molecule has 3 heteroatoms. The van der Waals surface area contributed by atoms with Gasteiger partial charge in [0.15, 0.2) is 0 Å². The summed E-state index contributed by atoms with van der Waals surface area (Å²) in [5, 5.41) is 3.18. The molecule has 0 spiro atoms. The molecular formula is C15H13ClN2. The number of benzene rings is 1. The molecule has 3 aromatic rings. The molecule has 0 bridgehead atoms. The SMILES string of the molecule is Clc1cc2c3c([nH]c2c2cccnc12)CCCC3. The molecule has 1 N–H and O–H groups in total. The Bertz CT molecular complexity index is 758. The van der Waals surface area contributed by atoms with Gasteiger partial charge in [0.1, 0.15) is 0 Å². The van der Waals surface area contributed by atoms with Gasteiger partial charge in [0, 0.05) is 22.7 Å². The van der Waals surface area contributed by atoms with Gasteiger partial charge in [-0.15, -0.1) is 0 Å². The monoisotopic (exact) mass is 256 g/mol. The minimum atomic E-state index is 0.755. The number of aryl methyl sites for hydroxylation is 2. The highest BCUT2D eigenvalue weighted by molar-refractivity contribution is 6.37. The zero-order valence-corrected chi connectivity index (χ0v) is 10.7. The van der Waals surface area contributed by atoms with Crippen LogP contribution >= 0.6 is 11.6 Å². The van der Waals surface area contributed by atoms with E-state index in [1.54, 1.807) is 6.20 Å². The maximum atomic E-state index is 6.36. The lowest BCUT2D eigenvalue weighted by Gasteiger charge is -2.10. The highest BCUT2D eigenvalue weighted by Crippen LogP contribution is 2.35. The van der Waals surface area contributed by atoms with Crippen molar-refractivity contribution in [2.24, 2.45) is 0 Å². The van der Waals surface area contributed by atoms with E-state index in [1.165, 1.54) is 35.0 Å². The maximum Gasteiger partial charge on any atom is 0.0909 e. The number of aromatic nitrogens is 2. The normalized spacial score (nSPS) is 15.2. The molecule has 18 heavy (non-hydrogen) atoms. The second kappa shape index (κ2) is 3.72. The first-order valence-corrected chi connectivity index (χ1v) is 6.79. The number of rotatable bonds is 0. The van der Waals surface area contributed by atoms with E-state index < -0.39 is 0 Å². The van der Waals surface area contributed by atoms with Crippen molar-refractivity contribution >= 4 is 33.4 Å². The molecule has 2 nitrogen and oxygen atoms in total. The van der Waals surface area contributed by atoms with E-state index in [4.69, 9.17) is 11.6 Å². The Morgan fingerprint density at radius 3 is 3.00 bits per heavy atom. The number of nitrogens with one attached hydrogen (secondary N) is 1. The van der Waals surface area contributed by atoms with Gasteiger partial charge in [-0.2, -0.15) is 0 Å². The Morgan fingerprint density at radius 2 is 2.06 bits per heavy atom. The molecule has 4 rings (SSSR count). The first-order valence-electron chi connectivity index (χ1n) is 6.41. The molecule has 0 saturated heterocycles. The zero-order valence-electron chi connectivity index (χ0n) is 9.96. The second-order valence-electron chi connectivity index (χ2n) is 4.97. The molecule has 0 saturated carbocycles. The number of halogens is 1. The van der Waals surface area contributed by atoms with E-state index in [2.05, 4.69) is 22.1 Å². The van der Waals surface area contributed by atoms with Crippen LogP contribution in [0.2, 0.25) is 5.02 Å². The average Bonchev–Trinajstić information content (AvgIpc) is 2.78. The van der Waals surface area contributed by atoms with Crippen LogP contribution in [0.3, 0.4) is 0 Å². The molecule has 1 aliphatic rings. The van der Waals surface area contributed by atoms with Gasteiger partial charge >= 0.3 is 0 Å². The topological polar surface area (TPSA) is 28.7 Å². The van der Waals surface area contributed by atoms with E-state index in [0.29, 0.717) is 0 Å². The van der Waals surface area contributed by atoms with Crippen LogP contribution in [0.25, 0.3) is 21.8 Å². The zero-order chi connectivity index (χ0) is 12.1. The second-order valence-corrected chi connectivity index (χ2v) is 5.38. The third-order valence-electron chi connectivity index (χ3n) is 3.91. The number of fused-ring (bicyclic) bond motifs is 5. The number of H-pyrrole nitrogens is 1. The molecule has 0 aliphatic heterocycles. The summed E-state index contributed by atoms with van der Waals surface area (Å²) in [7, 11) is 0. The van der Waals surface area contributed by atoms with E-state index in [0.717, 1.165) is 28.8 Å². The fourth-order valence-electron chi connectivity index (χ4n) is 3.07. The molecule has 2 aromatic heterocycles. The summed E-state index contributed by atoms with van der Waals surface area (Å²) >= 11 is 6.36. The molecular weight excluding hydrogens is 244 g/mol.